The van der Waals surface area contributed by atoms with E-state index in [4.69, 9.17) is 11.7 Å². The molecule has 0 amide bonds. The Morgan fingerprint density at radius 3 is 2.55 bits per heavy atom. The fraction of sp³-hybridized carbons (Fsp3) is 0. The van der Waals surface area contributed by atoms with Crippen molar-refractivity contribution in [2.24, 2.45) is 5.14 Å². The minimum atomic E-state index is -3.62. The van der Waals surface area contributed by atoms with Gasteiger partial charge in [-0.15, -0.1) is 11.3 Å². The summed E-state index contributed by atoms with van der Waals surface area (Å²) in [5.41, 5.74) is 0.305. The first-order chi connectivity index (χ1) is 5.04. The second kappa shape index (κ2) is 2.62. The highest BCUT2D eigenvalue weighted by Gasteiger charge is 2.09. The van der Waals surface area contributed by atoms with E-state index in [-0.39, 0.29) is 4.21 Å². The molecule has 0 saturated heterocycles. The largest absolute Gasteiger partial charge is 0.246 e. The monoisotopic (exact) mass is 188 g/mol. The van der Waals surface area contributed by atoms with Crippen LogP contribution in [0, 0.1) is 6.57 Å². The van der Waals surface area contributed by atoms with Crippen LogP contribution in [-0.4, -0.2) is 8.42 Å². The van der Waals surface area contributed by atoms with Crippen LogP contribution >= 0.6 is 11.3 Å². The van der Waals surface area contributed by atoms with Gasteiger partial charge in [0.2, 0.25) is 10.0 Å². The third-order valence-electron chi connectivity index (χ3n) is 0.971. The van der Waals surface area contributed by atoms with Crippen LogP contribution in [-0.2, 0) is 10.0 Å². The van der Waals surface area contributed by atoms with E-state index in [0.29, 0.717) is 5.69 Å². The summed E-state index contributed by atoms with van der Waals surface area (Å²) in [5.74, 6) is 0. The molecule has 11 heavy (non-hydrogen) atoms. The highest BCUT2D eigenvalue weighted by Crippen LogP contribution is 2.24. The molecule has 6 heteroatoms. The van der Waals surface area contributed by atoms with Gasteiger partial charge in [0.25, 0.3) is 0 Å². The van der Waals surface area contributed by atoms with Crippen molar-refractivity contribution in [3.05, 3.63) is 22.9 Å². The van der Waals surface area contributed by atoms with Gasteiger partial charge in [-0.2, -0.15) is 0 Å². The van der Waals surface area contributed by atoms with Gasteiger partial charge in [0.1, 0.15) is 4.21 Å². The van der Waals surface area contributed by atoms with Gasteiger partial charge in [0.05, 0.1) is 6.57 Å². The fourth-order valence-corrected chi connectivity index (χ4v) is 2.03. The fourth-order valence-electron chi connectivity index (χ4n) is 0.515. The molecular weight excluding hydrogens is 184 g/mol. The van der Waals surface area contributed by atoms with Crippen LogP contribution in [0.3, 0.4) is 0 Å². The van der Waals surface area contributed by atoms with Gasteiger partial charge >= 0.3 is 0 Å². The van der Waals surface area contributed by atoms with E-state index in [1.807, 2.05) is 0 Å². The predicted molar refractivity (Wildman–Crippen MR) is 42.0 cm³/mol. The molecule has 0 aliphatic carbocycles. The molecule has 0 bridgehead atoms. The Morgan fingerprint density at radius 1 is 1.64 bits per heavy atom. The Labute approximate surface area is 68.1 Å². The molecule has 0 radical (unpaired) electrons. The maximum absolute atomic E-state index is 10.6. The maximum atomic E-state index is 10.6. The Bertz CT molecular complexity index is 398. The van der Waals surface area contributed by atoms with Crippen molar-refractivity contribution in [2.75, 3.05) is 0 Å². The van der Waals surface area contributed by atoms with Crippen LogP contribution in [0.1, 0.15) is 0 Å². The molecule has 0 saturated carbocycles. The van der Waals surface area contributed by atoms with Crippen LogP contribution < -0.4 is 5.14 Å². The van der Waals surface area contributed by atoms with Crippen molar-refractivity contribution in [1.82, 2.24) is 0 Å². The highest BCUT2D eigenvalue weighted by molar-refractivity contribution is 7.91. The number of thiophene rings is 1. The average Bonchev–Trinajstić information content (AvgIpc) is 2.32. The van der Waals surface area contributed by atoms with E-state index in [0.717, 1.165) is 11.3 Å². The SMILES string of the molecule is [C-]#[N+]c1csc(S(N)(=O)=O)c1. The van der Waals surface area contributed by atoms with Crippen LogP contribution in [0.2, 0.25) is 0 Å². The van der Waals surface area contributed by atoms with Gasteiger partial charge in [0, 0.05) is 0 Å². The number of nitrogens with two attached hydrogens (primary N) is 1. The minimum absolute atomic E-state index is 0.0310. The lowest BCUT2D eigenvalue weighted by molar-refractivity contribution is 0.600. The summed E-state index contributed by atoms with van der Waals surface area (Å²) in [6.45, 7) is 6.56. The van der Waals surface area contributed by atoms with Gasteiger partial charge in [-0.05, 0) is 11.4 Å². The standard InChI is InChI=1S/C5H4N2O2S2/c1-7-4-2-5(10-3-4)11(6,8)9/h2-3H,(H2,6,8,9). The molecule has 0 aliphatic rings. The molecule has 0 spiro atoms. The van der Waals surface area contributed by atoms with Crippen LogP contribution in [0.25, 0.3) is 4.85 Å². The molecule has 1 heterocycles. The first-order valence-corrected chi connectivity index (χ1v) is 4.95. The Morgan fingerprint density at radius 2 is 2.27 bits per heavy atom. The number of sulfonamides is 1. The van der Waals surface area contributed by atoms with Crippen LogP contribution in [0.4, 0.5) is 5.69 Å². The van der Waals surface area contributed by atoms with E-state index >= 15 is 0 Å². The molecule has 58 valence electrons. The Kier molecular flexibility index (Phi) is 1.95. The van der Waals surface area contributed by atoms with Crippen molar-refractivity contribution in [2.45, 2.75) is 4.21 Å². The molecule has 1 rings (SSSR count). The van der Waals surface area contributed by atoms with E-state index < -0.39 is 10.0 Å². The summed E-state index contributed by atoms with van der Waals surface area (Å²) >= 11 is 0.954. The van der Waals surface area contributed by atoms with Crippen molar-refractivity contribution in [3.8, 4) is 0 Å². The van der Waals surface area contributed by atoms with Gasteiger partial charge in [-0.3, -0.25) is 0 Å². The van der Waals surface area contributed by atoms with E-state index in [2.05, 4.69) is 4.85 Å². The third kappa shape index (κ3) is 1.77. The second-order valence-corrected chi connectivity index (χ2v) is 4.48. The summed E-state index contributed by atoms with van der Waals surface area (Å²) in [7, 11) is -3.62. The summed E-state index contributed by atoms with van der Waals surface area (Å²) in [5, 5.41) is 6.26. The van der Waals surface area contributed by atoms with Gasteiger partial charge < -0.3 is 0 Å². The van der Waals surface area contributed by atoms with Gasteiger partial charge in [-0.1, -0.05) is 0 Å². The molecular formula is C5H4N2O2S2. The summed E-state index contributed by atoms with van der Waals surface area (Å²) in [4.78, 5) is 3.05. The molecule has 0 aromatic carbocycles. The zero-order chi connectivity index (χ0) is 8.48. The van der Waals surface area contributed by atoms with Gasteiger partial charge in [-0.25, -0.2) is 18.4 Å². The topological polar surface area (TPSA) is 64.5 Å². The van der Waals surface area contributed by atoms with Gasteiger partial charge in [0.15, 0.2) is 5.69 Å². The van der Waals surface area contributed by atoms with Crippen molar-refractivity contribution < 1.29 is 8.42 Å². The number of nitrogens with zero attached hydrogens (tertiary/aromatic N) is 1. The molecule has 0 unspecified atom stereocenters. The third-order valence-corrected chi connectivity index (χ3v) is 3.34. The Balaban J connectivity index is 3.22. The van der Waals surface area contributed by atoms with Crippen molar-refractivity contribution in [3.63, 3.8) is 0 Å². The lowest BCUT2D eigenvalue weighted by Gasteiger charge is -1.87. The summed E-state index contributed by atoms with van der Waals surface area (Å²) in [6.07, 6.45) is 0. The first-order valence-electron chi connectivity index (χ1n) is 2.53. The number of primary sulfonamides is 1. The van der Waals surface area contributed by atoms with Crippen LogP contribution in [0.5, 0.6) is 0 Å². The van der Waals surface area contributed by atoms with E-state index in [1.54, 1.807) is 0 Å². The van der Waals surface area contributed by atoms with Crippen molar-refractivity contribution >= 4 is 27.0 Å². The quantitative estimate of drug-likeness (QED) is 0.667. The summed E-state index contributed by atoms with van der Waals surface area (Å²) in [6, 6.07) is 1.26. The van der Waals surface area contributed by atoms with E-state index in [1.165, 1.54) is 11.4 Å². The summed E-state index contributed by atoms with van der Waals surface area (Å²) < 4.78 is 21.3. The lowest BCUT2D eigenvalue weighted by Crippen LogP contribution is -2.09. The Hall–Kier alpha value is -0.900. The molecule has 0 atom stereocenters. The normalized spacial score (nSPS) is 10.9. The minimum Gasteiger partial charge on any atom is -0.237 e. The zero-order valence-electron chi connectivity index (χ0n) is 5.31. The van der Waals surface area contributed by atoms with E-state index in [9.17, 15) is 8.42 Å². The maximum Gasteiger partial charge on any atom is 0.246 e. The molecule has 4 nitrogen and oxygen atoms in total. The number of rotatable bonds is 1. The van der Waals surface area contributed by atoms with Crippen molar-refractivity contribution in [1.29, 1.82) is 0 Å². The average molecular weight is 188 g/mol. The second-order valence-electron chi connectivity index (χ2n) is 1.78. The number of hydrogen-bond donors (Lipinski definition) is 1. The smallest absolute Gasteiger partial charge is 0.237 e. The molecule has 0 aliphatic heterocycles. The molecule has 2 N–H and O–H groups in total. The molecule has 1 aromatic heterocycles. The lowest BCUT2D eigenvalue weighted by atomic mass is 10.6. The first kappa shape index (κ1) is 8.20. The zero-order valence-corrected chi connectivity index (χ0v) is 6.95. The van der Waals surface area contributed by atoms with Crippen LogP contribution in [0.15, 0.2) is 15.7 Å². The predicted octanol–water partition coefficient (Wildman–Crippen LogP) is 0.946. The molecule has 1 aromatic rings. The highest BCUT2D eigenvalue weighted by atomic mass is 32.2. The molecule has 0 fully saturated rings. The number of hydrogen-bond acceptors (Lipinski definition) is 3.